The molecule has 14 nitrogen and oxygen atoms in total. The van der Waals surface area contributed by atoms with Crippen molar-refractivity contribution in [2.45, 2.75) is 177 Å². The lowest BCUT2D eigenvalue weighted by atomic mass is 9.40. The van der Waals surface area contributed by atoms with Crippen molar-refractivity contribution < 1.29 is 69.3 Å². The SMILES string of the molecule is C[C@@H]1CC[C@@]2(OC1)O[C@H]1CC[C@@H]3[C@@H]4CC[C@H]5C[C@@H](O[C@@H]6O[C@H](CO)[C@@H](O)[C@H](O[C@@H]7O[C@H](CO)[C@@H](O)[C@H](O)[C@H]7O)[C@H]6O)[C@H](O)C[C@]5(C)[C@H]4CC[C@]3(C)[C@H]1[C@@H]2C. The monoisotopic (exact) mass is 770 g/mol. The van der Waals surface area contributed by atoms with Crippen LogP contribution in [0.15, 0.2) is 0 Å². The molecule has 0 aromatic carbocycles. The van der Waals surface area contributed by atoms with Gasteiger partial charge in [0.05, 0.1) is 38.1 Å². The Labute approximate surface area is 318 Å². The lowest BCUT2D eigenvalue weighted by molar-refractivity contribution is -0.367. The van der Waals surface area contributed by atoms with E-state index in [1.54, 1.807) is 0 Å². The van der Waals surface area contributed by atoms with Crippen LogP contribution < -0.4 is 0 Å². The van der Waals surface area contributed by atoms with Gasteiger partial charge in [0.15, 0.2) is 18.4 Å². The average molecular weight is 771 g/mol. The molecule has 0 bridgehead atoms. The van der Waals surface area contributed by atoms with Crippen LogP contribution in [-0.4, -0.2) is 146 Å². The fraction of sp³-hybridized carbons (Fsp3) is 1.00. The lowest BCUT2D eigenvalue weighted by Gasteiger charge is -2.65. The van der Waals surface area contributed by atoms with Crippen LogP contribution in [0.25, 0.3) is 0 Å². The summed E-state index contributed by atoms with van der Waals surface area (Å²) in [5.41, 5.74) is 0.0880. The molecule has 14 heteroatoms. The molecule has 54 heavy (non-hydrogen) atoms. The minimum Gasteiger partial charge on any atom is -0.394 e. The Morgan fingerprint density at radius 3 is 2.06 bits per heavy atom. The standard InChI is InChI=1S/C40H66O14/c1-18-9-12-40(49-17-18)19(2)29-25(54-40)8-7-22-21-6-5-20-13-26(24(43)14-39(20,4)23(21)10-11-38(22,29)3)50-37-34(48)35(31(45)28(16-42)52-37)53-36-33(47)32(46)30(44)27(15-41)51-36/h18-37,41-48H,5-17H2,1-4H3/t18-,19+,20+,21+,22-,23+,24-,25+,26-,27-,28-,29+,30-,31-,32+,33-,34-,35+,36+,37-,38+,39+,40-/m1/s1. The number of hydrogen-bond donors (Lipinski definition) is 8. The van der Waals surface area contributed by atoms with E-state index in [-0.39, 0.29) is 22.9 Å². The Bertz CT molecular complexity index is 1310. The molecule has 0 aromatic heterocycles. The molecule has 8 aliphatic rings. The molecule has 0 unspecified atom stereocenters. The van der Waals surface area contributed by atoms with E-state index in [4.69, 9.17) is 28.4 Å². The molecular formula is C40H66O14. The van der Waals surface area contributed by atoms with Gasteiger partial charge >= 0.3 is 0 Å². The first-order valence-electron chi connectivity index (χ1n) is 20.9. The van der Waals surface area contributed by atoms with E-state index < -0.39 is 92.6 Å². The van der Waals surface area contributed by atoms with Crippen molar-refractivity contribution in [3.8, 4) is 0 Å². The van der Waals surface area contributed by atoms with Crippen LogP contribution in [0.1, 0.15) is 91.9 Å². The van der Waals surface area contributed by atoms with Crippen LogP contribution in [0.4, 0.5) is 0 Å². The Hall–Kier alpha value is -0.560. The predicted molar refractivity (Wildman–Crippen MR) is 189 cm³/mol. The first-order chi connectivity index (χ1) is 25.7. The predicted octanol–water partition coefficient (Wildman–Crippen LogP) is 0.803. The van der Waals surface area contributed by atoms with Crippen LogP contribution in [0.5, 0.6) is 0 Å². The number of ether oxygens (including phenoxy) is 6. The van der Waals surface area contributed by atoms with Gasteiger partial charge < -0.3 is 69.3 Å². The zero-order valence-electron chi connectivity index (χ0n) is 32.3. The van der Waals surface area contributed by atoms with E-state index in [1.807, 2.05) is 0 Å². The molecule has 8 rings (SSSR count). The van der Waals surface area contributed by atoms with Gasteiger partial charge in [-0.3, -0.25) is 0 Å². The van der Waals surface area contributed by atoms with Gasteiger partial charge in [-0.1, -0.05) is 27.7 Å². The van der Waals surface area contributed by atoms with Gasteiger partial charge in [0.1, 0.15) is 48.8 Å². The Balaban J connectivity index is 0.943. The molecule has 0 aromatic rings. The number of aliphatic hydroxyl groups excluding tert-OH is 8. The minimum atomic E-state index is -1.76. The molecule has 23 atom stereocenters. The van der Waals surface area contributed by atoms with Gasteiger partial charge in [0.25, 0.3) is 0 Å². The highest BCUT2D eigenvalue weighted by molar-refractivity contribution is 5.14. The number of aliphatic hydroxyl groups is 8. The molecule has 4 heterocycles. The Kier molecular flexibility index (Phi) is 11.1. The van der Waals surface area contributed by atoms with Crippen LogP contribution >= 0.6 is 0 Å². The van der Waals surface area contributed by atoms with Crippen molar-refractivity contribution in [2.24, 2.45) is 52.3 Å². The summed E-state index contributed by atoms with van der Waals surface area (Å²) >= 11 is 0. The quantitative estimate of drug-likeness (QED) is 0.176. The lowest BCUT2D eigenvalue weighted by Crippen LogP contribution is -2.65. The van der Waals surface area contributed by atoms with E-state index in [1.165, 1.54) is 0 Å². The normalized spacial score (nSPS) is 58.9. The summed E-state index contributed by atoms with van der Waals surface area (Å²) in [6.07, 6.45) is -6.78. The molecule has 310 valence electrons. The highest BCUT2D eigenvalue weighted by atomic mass is 16.7. The van der Waals surface area contributed by atoms with Crippen molar-refractivity contribution in [3.05, 3.63) is 0 Å². The van der Waals surface area contributed by atoms with E-state index in [2.05, 4.69) is 27.7 Å². The summed E-state index contributed by atoms with van der Waals surface area (Å²) in [6.45, 7) is 9.01. The second-order valence-electron chi connectivity index (χ2n) is 19.2. The first kappa shape index (κ1) is 40.2. The van der Waals surface area contributed by atoms with Crippen molar-refractivity contribution in [1.82, 2.24) is 0 Å². The summed E-state index contributed by atoms with van der Waals surface area (Å²) < 4.78 is 36.9. The van der Waals surface area contributed by atoms with Gasteiger partial charge in [-0.05, 0) is 104 Å². The molecule has 4 saturated carbocycles. The maximum Gasteiger partial charge on any atom is 0.187 e. The van der Waals surface area contributed by atoms with Gasteiger partial charge in [0, 0.05) is 12.3 Å². The molecule has 0 radical (unpaired) electrons. The van der Waals surface area contributed by atoms with E-state index in [0.717, 1.165) is 58.0 Å². The molecule has 4 aliphatic carbocycles. The summed E-state index contributed by atoms with van der Waals surface area (Å²) in [4.78, 5) is 0. The topological polar surface area (TPSA) is 217 Å². The van der Waals surface area contributed by atoms with Gasteiger partial charge in [-0.25, -0.2) is 0 Å². The molecule has 8 fully saturated rings. The third-order valence-electron chi connectivity index (χ3n) is 16.5. The van der Waals surface area contributed by atoms with Gasteiger partial charge in [-0.2, -0.15) is 0 Å². The third-order valence-corrected chi connectivity index (χ3v) is 16.5. The van der Waals surface area contributed by atoms with Crippen LogP contribution in [0.2, 0.25) is 0 Å². The zero-order chi connectivity index (χ0) is 38.5. The average Bonchev–Trinajstić information content (AvgIpc) is 3.43. The maximum absolute atomic E-state index is 11.8. The molecular weight excluding hydrogens is 704 g/mol. The summed E-state index contributed by atoms with van der Waals surface area (Å²) in [5, 5.41) is 84.9. The molecule has 8 N–H and O–H groups in total. The molecule has 4 saturated heterocycles. The first-order valence-corrected chi connectivity index (χ1v) is 20.9. The van der Waals surface area contributed by atoms with E-state index in [0.29, 0.717) is 48.3 Å². The second kappa shape index (κ2) is 14.9. The largest absolute Gasteiger partial charge is 0.394 e. The molecule has 0 amide bonds. The van der Waals surface area contributed by atoms with Crippen molar-refractivity contribution >= 4 is 0 Å². The third kappa shape index (κ3) is 6.36. The van der Waals surface area contributed by atoms with Crippen LogP contribution in [0.3, 0.4) is 0 Å². The zero-order valence-corrected chi connectivity index (χ0v) is 32.3. The summed E-state index contributed by atoms with van der Waals surface area (Å²) in [5.74, 6) is 2.88. The van der Waals surface area contributed by atoms with Crippen LogP contribution in [0, 0.1) is 52.3 Å². The summed E-state index contributed by atoms with van der Waals surface area (Å²) in [7, 11) is 0. The highest BCUT2D eigenvalue weighted by Gasteiger charge is 2.67. The highest BCUT2D eigenvalue weighted by Crippen LogP contribution is 2.70. The van der Waals surface area contributed by atoms with E-state index in [9.17, 15) is 40.9 Å². The van der Waals surface area contributed by atoms with Gasteiger partial charge in [0.2, 0.25) is 0 Å². The maximum atomic E-state index is 11.8. The molecule has 4 aliphatic heterocycles. The number of fused-ring (bicyclic) bond motifs is 7. The smallest absolute Gasteiger partial charge is 0.187 e. The fourth-order valence-corrected chi connectivity index (χ4v) is 13.5. The second-order valence-corrected chi connectivity index (χ2v) is 19.2. The van der Waals surface area contributed by atoms with Crippen molar-refractivity contribution in [2.75, 3.05) is 19.8 Å². The van der Waals surface area contributed by atoms with Gasteiger partial charge in [-0.15, -0.1) is 0 Å². The number of rotatable bonds is 6. The summed E-state index contributed by atoms with van der Waals surface area (Å²) in [6, 6.07) is 0. The number of hydrogen-bond acceptors (Lipinski definition) is 14. The Morgan fingerprint density at radius 2 is 1.37 bits per heavy atom. The minimum absolute atomic E-state index is 0.0906. The van der Waals surface area contributed by atoms with Crippen molar-refractivity contribution in [3.63, 3.8) is 0 Å². The fourth-order valence-electron chi connectivity index (χ4n) is 13.5. The van der Waals surface area contributed by atoms with E-state index >= 15 is 0 Å². The molecule has 1 spiro atoms. The van der Waals surface area contributed by atoms with Crippen LogP contribution in [-0.2, 0) is 28.4 Å². The van der Waals surface area contributed by atoms with Crippen molar-refractivity contribution in [1.29, 1.82) is 0 Å². The Morgan fingerprint density at radius 1 is 0.685 bits per heavy atom.